The van der Waals surface area contributed by atoms with E-state index in [0.29, 0.717) is 41.1 Å². The second kappa shape index (κ2) is 9.28. The summed E-state index contributed by atoms with van der Waals surface area (Å²) >= 11 is 15.4. The Balaban J connectivity index is 2.09. The molecule has 4 nitrogen and oxygen atoms in total. The minimum atomic E-state index is -0.255. The molecule has 0 aliphatic rings. The predicted octanol–water partition coefficient (Wildman–Crippen LogP) is 4.71. The topological polar surface area (TPSA) is 47.6 Å². The lowest BCUT2D eigenvalue weighted by atomic mass is 10.1. The number of hydrogen-bond donors (Lipinski definition) is 1. The van der Waals surface area contributed by atoms with Crippen LogP contribution in [0.5, 0.6) is 5.75 Å². The van der Waals surface area contributed by atoms with Crippen LogP contribution in [0, 0.1) is 0 Å². The summed E-state index contributed by atoms with van der Waals surface area (Å²) in [6.45, 7) is 1.10. The lowest BCUT2D eigenvalue weighted by Gasteiger charge is -2.12. The van der Waals surface area contributed by atoms with Crippen molar-refractivity contribution in [3.8, 4) is 5.75 Å². The highest BCUT2D eigenvalue weighted by Crippen LogP contribution is 2.24. The molecule has 1 amide bonds. The first-order chi connectivity index (χ1) is 11.5. The van der Waals surface area contributed by atoms with Gasteiger partial charge in [-0.3, -0.25) is 4.79 Å². The van der Waals surface area contributed by atoms with Crippen LogP contribution in [0.3, 0.4) is 0 Å². The summed E-state index contributed by atoms with van der Waals surface area (Å²) in [5.41, 5.74) is 1.22. The molecule has 2 aromatic rings. The molecule has 0 unspecified atom stereocenters. The van der Waals surface area contributed by atoms with E-state index in [1.807, 2.05) is 6.07 Å². The largest absolute Gasteiger partial charge is 0.490 e. The minimum absolute atomic E-state index is 0.255. The van der Waals surface area contributed by atoms with Crippen molar-refractivity contribution in [1.82, 2.24) is 5.32 Å². The van der Waals surface area contributed by atoms with Gasteiger partial charge in [0.2, 0.25) is 0 Å². The van der Waals surface area contributed by atoms with Gasteiger partial charge in [-0.15, -0.1) is 0 Å². The maximum atomic E-state index is 12.5. The minimum Gasteiger partial charge on any atom is -0.490 e. The average molecular weight is 433 g/mol. The quantitative estimate of drug-likeness (QED) is 0.644. The number of nitrogens with one attached hydrogen (secondary N) is 1. The Hall–Kier alpha value is -1.27. The Morgan fingerprint density at radius 1 is 1.17 bits per heavy atom. The van der Waals surface area contributed by atoms with Crippen LogP contribution in [0.4, 0.5) is 0 Å². The van der Waals surface area contributed by atoms with Gasteiger partial charge in [0, 0.05) is 28.2 Å². The second-order valence-corrected chi connectivity index (χ2v) is 6.66. The molecular formula is C17H16BrCl2NO3. The fraction of sp³-hybridized carbons (Fsp3) is 0.235. The fourth-order valence-corrected chi connectivity index (χ4v) is 2.81. The Kier molecular flexibility index (Phi) is 7.37. The first-order valence-corrected chi connectivity index (χ1v) is 8.69. The highest BCUT2D eigenvalue weighted by Gasteiger charge is 2.14. The van der Waals surface area contributed by atoms with Crippen LogP contribution in [-0.4, -0.2) is 26.2 Å². The molecule has 0 aliphatic carbocycles. The first-order valence-electron chi connectivity index (χ1n) is 7.14. The third kappa shape index (κ3) is 5.38. The van der Waals surface area contributed by atoms with Gasteiger partial charge in [-0.2, -0.15) is 0 Å². The number of rotatable bonds is 7. The molecule has 24 heavy (non-hydrogen) atoms. The molecule has 0 atom stereocenters. The maximum absolute atomic E-state index is 12.5. The second-order valence-electron chi connectivity index (χ2n) is 4.90. The zero-order chi connectivity index (χ0) is 17.5. The van der Waals surface area contributed by atoms with Gasteiger partial charge in [-0.25, -0.2) is 0 Å². The summed E-state index contributed by atoms with van der Waals surface area (Å²) in [4.78, 5) is 12.5. The molecular weight excluding hydrogens is 417 g/mol. The smallest absolute Gasteiger partial charge is 0.255 e. The number of hydrogen-bond acceptors (Lipinski definition) is 3. The van der Waals surface area contributed by atoms with E-state index >= 15 is 0 Å². The third-order valence-electron chi connectivity index (χ3n) is 3.19. The fourth-order valence-electron chi connectivity index (χ4n) is 1.98. The van der Waals surface area contributed by atoms with E-state index in [0.717, 1.165) is 10.0 Å². The van der Waals surface area contributed by atoms with Gasteiger partial charge < -0.3 is 14.8 Å². The Bertz CT molecular complexity index is 725. The van der Waals surface area contributed by atoms with Crippen LogP contribution in [0.25, 0.3) is 0 Å². The standard InChI is InChI=1S/C17H16BrCl2NO3/c1-23-6-7-24-16-5-3-12(18)8-14(16)17(22)21-10-11-2-4-13(19)9-15(11)20/h2-5,8-9H,6-7,10H2,1H3,(H,21,22). The third-order valence-corrected chi connectivity index (χ3v) is 4.27. The number of carbonyl (C=O) groups excluding carboxylic acids is 1. The number of carbonyl (C=O) groups is 1. The van der Waals surface area contributed by atoms with Crippen LogP contribution < -0.4 is 10.1 Å². The summed E-state index contributed by atoms with van der Waals surface area (Å²) in [6.07, 6.45) is 0. The van der Waals surface area contributed by atoms with Gasteiger partial charge >= 0.3 is 0 Å². The van der Waals surface area contributed by atoms with Gasteiger partial charge in [-0.1, -0.05) is 45.2 Å². The summed E-state index contributed by atoms with van der Waals surface area (Å²) in [5.74, 6) is 0.240. The van der Waals surface area contributed by atoms with Gasteiger partial charge in [0.15, 0.2) is 0 Å². The van der Waals surface area contributed by atoms with Crippen molar-refractivity contribution in [2.45, 2.75) is 6.54 Å². The SMILES string of the molecule is COCCOc1ccc(Br)cc1C(=O)NCc1ccc(Cl)cc1Cl. The van der Waals surface area contributed by atoms with Crippen molar-refractivity contribution >= 4 is 45.0 Å². The van der Waals surface area contributed by atoms with E-state index < -0.39 is 0 Å². The number of benzene rings is 2. The number of amides is 1. The Morgan fingerprint density at radius 2 is 1.96 bits per heavy atom. The molecule has 0 radical (unpaired) electrons. The highest BCUT2D eigenvalue weighted by atomic mass is 79.9. The van der Waals surface area contributed by atoms with Gasteiger partial charge in [0.25, 0.3) is 5.91 Å². The number of methoxy groups -OCH3 is 1. The summed E-state index contributed by atoms with van der Waals surface area (Å²) in [6, 6.07) is 10.4. The van der Waals surface area contributed by atoms with Crippen LogP contribution in [0.15, 0.2) is 40.9 Å². The van der Waals surface area contributed by atoms with E-state index in [4.69, 9.17) is 32.7 Å². The molecule has 0 heterocycles. The number of ether oxygens (including phenoxy) is 2. The molecule has 0 fully saturated rings. The van der Waals surface area contributed by atoms with Crippen molar-refractivity contribution in [3.63, 3.8) is 0 Å². The lowest BCUT2D eigenvalue weighted by molar-refractivity contribution is 0.0943. The lowest BCUT2D eigenvalue weighted by Crippen LogP contribution is -2.24. The highest BCUT2D eigenvalue weighted by molar-refractivity contribution is 9.10. The van der Waals surface area contributed by atoms with E-state index in [-0.39, 0.29) is 5.91 Å². The molecule has 0 saturated carbocycles. The predicted molar refractivity (Wildman–Crippen MR) is 99.1 cm³/mol. The van der Waals surface area contributed by atoms with Crippen LogP contribution in [0.2, 0.25) is 10.0 Å². The van der Waals surface area contributed by atoms with Gasteiger partial charge in [-0.05, 0) is 35.9 Å². The zero-order valence-corrected chi connectivity index (χ0v) is 16.0. The van der Waals surface area contributed by atoms with E-state index in [1.165, 1.54) is 0 Å². The summed E-state index contributed by atoms with van der Waals surface area (Å²) < 4.78 is 11.3. The summed E-state index contributed by atoms with van der Waals surface area (Å²) in [5, 5.41) is 3.89. The molecule has 0 bridgehead atoms. The Labute approximate surface area is 159 Å². The number of halogens is 3. The van der Waals surface area contributed by atoms with Crippen molar-refractivity contribution < 1.29 is 14.3 Å². The normalized spacial score (nSPS) is 10.5. The van der Waals surface area contributed by atoms with Crippen molar-refractivity contribution in [2.75, 3.05) is 20.3 Å². The van der Waals surface area contributed by atoms with Crippen molar-refractivity contribution in [1.29, 1.82) is 0 Å². The summed E-state index contributed by atoms with van der Waals surface area (Å²) in [7, 11) is 1.59. The van der Waals surface area contributed by atoms with Crippen LogP contribution >= 0.6 is 39.1 Å². The molecule has 0 saturated heterocycles. The molecule has 7 heteroatoms. The van der Waals surface area contributed by atoms with E-state index in [1.54, 1.807) is 37.4 Å². The molecule has 2 aromatic carbocycles. The molecule has 0 aromatic heterocycles. The molecule has 128 valence electrons. The molecule has 1 N–H and O–H groups in total. The molecule has 0 spiro atoms. The van der Waals surface area contributed by atoms with Crippen LogP contribution in [0.1, 0.15) is 15.9 Å². The van der Waals surface area contributed by atoms with E-state index in [2.05, 4.69) is 21.2 Å². The van der Waals surface area contributed by atoms with Crippen LogP contribution in [-0.2, 0) is 11.3 Å². The van der Waals surface area contributed by atoms with Gasteiger partial charge in [0.05, 0.1) is 12.2 Å². The van der Waals surface area contributed by atoms with E-state index in [9.17, 15) is 4.79 Å². The van der Waals surface area contributed by atoms with Crippen molar-refractivity contribution in [2.24, 2.45) is 0 Å². The Morgan fingerprint density at radius 3 is 2.67 bits per heavy atom. The molecule has 2 rings (SSSR count). The maximum Gasteiger partial charge on any atom is 0.255 e. The van der Waals surface area contributed by atoms with Gasteiger partial charge in [0.1, 0.15) is 12.4 Å². The van der Waals surface area contributed by atoms with Crippen molar-refractivity contribution in [3.05, 3.63) is 62.0 Å². The molecule has 0 aliphatic heterocycles. The zero-order valence-electron chi connectivity index (χ0n) is 12.9. The average Bonchev–Trinajstić information content (AvgIpc) is 2.55. The monoisotopic (exact) mass is 431 g/mol. The first kappa shape index (κ1) is 19.1.